The summed E-state index contributed by atoms with van der Waals surface area (Å²) in [7, 11) is 1.95. The lowest BCUT2D eigenvalue weighted by Crippen LogP contribution is -2.22. The maximum Gasteiger partial charge on any atom is 0.130 e. The van der Waals surface area contributed by atoms with Crippen molar-refractivity contribution in [1.82, 2.24) is 19.9 Å². The Kier molecular flexibility index (Phi) is 4.10. The van der Waals surface area contributed by atoms with Crippen molar-refractivity contribution in [2.45, 2.75) is 32.9 Å². The van der Waals surface area contributed by atoms with Gasteiger partial charge in [-0.3, -0.25) is 4.98 Å². The lowest BCUT2D eigenvalue weighted by Gasteiger charge is -2.17. The Labute approximate surface area is 108 Å². The first-order valence-corrected chi connectivity index (χ1v) is 6.37. The summed E-state index contributed by atoms with van der Waals surface area (Å²) in [5.74, 6) is 1.05. The van der Waals surface area contributed by atoms with E-state index in [4.69, 9.17) is 0 Å². The van der Waals surface area contributed by atoms with E-state index in [9.17, 15) is 0 Å². The molecule has 0 aromatic carbocycles. The van der Waals surface area contributed by atoms with Crippen molar-refractivity contribution in [3.8, 4) is 0 Å². The van der Waals surface area contributed by atoms with E-state index in [1.54, 1.807) is 0 Å². The number of hydrogen-bond acceptors (Lipinski definition) is 3. The largest absolute Gasteiger partial charge is 0.333 e. The molecule has 1 unspecified atom stereocenters. The maximum atomic E-state index is 4.48. The van der Waals surface area contributed by atoms with Gasteiger partial charge in [0.1, 0.15) is 5.82 Å². The third-order valence-corrected chi connectivity index (χ3v) is 3.03. The standard InChI is InChI=1S/C14H20N4/c1-4-8-18-9-7-16-14(18)13(15-3)12-6-5-11(2)17-10-12/h5-7,9-10,13,15H,4,8H2,1-3H3. The summed E-state index contributed by atoms with van der Waals surface area (Å²) in [4.78, 5) is 8.83. The molecular weight excluding hydrogens is 224 g/mol. The number of aromatic nitrogens is 3. The van der Waals surface area contributed by atoms with Crippen molar-refractivity contribution in [2.75, 3.05) is 7.05 Å². The van der Waals surface area contributed by atoms with Gasteiger partial charge in [-0.15, -0.1) is 0 Å². The number of rotatable bonds is 5. The lowest BCUT2D eigenvalue weighted by molar-refractivity contribution is 0.567. The summed E-state index contributed by atoms with van der Waals surface area (Å²) in [6.45, 7) is 5.16. The Hall–Kier alpha value is -1.68. The smallest absolute Gasteiger partial charge is 0.130 e. The van der Waals surface area contributed by atoms with Crippen LogP contribution in [-0.4, -0.2) is 21.6 Å². The average Bonchev–Trinajstić information content (AvgIpc) is 2.82. The van der Waals surface area contributed by atoms with Gasteiger partial charge in [0.2, 0.25) is 0 Å². The Morgan fingerprint density at radius 3 is 2.78 bits per heavy atom. The highest BCUT2D eigenvalue weighted by molar-refractivity contribution is 5.23. The van der Waals surface area contributed by atoms with E-state index in [0.29, 0.717) is 0 Å². The molecule has 0 saturated carbocycles. The summed E-state index contributed by atoms with van der Waals surface area (Å²) in [6, 6.07) is 4.24. The topological polar surface area (TPSA) is 42.7 Å². The summed E-state index contributed by atoms with van der Waals surface area (Å²) < 4.78 is 2.20. The second kappa shape index (κ2) is 5.78. The molecular formula is C14H20N4. The van der Waals surface area contributed by atoms with Gasteiger partial charge in [-0.1, -0.05) is 13.0 Å². The molecule has 2 rings (SSSR count). The van der Waals surface area contributed by atoms with E-state index in [-0.39, 0.29) is 6.04 Å². The molecule has 18 heavy (non-hydrogen) atoms. The summed E-state index contributed by atoms with van der Waals surface area (Å²) >= 11 is 0. The van der Waals surface area contributed by atoms with E-state index in [1.807, 2.05) is 38.6 Å². The van der Waals surface area contributed by atoms with E-state index >= 15 is 0 Å². The Balaban J connectivity index is 2.32. The van der Waals surface area contributed by atoms with Crippen molar-refractivity contribution in [1.29, 1.82) is 0 Å². The minimum Gasteiger partial charge on any atom is -0.333 e. The van der Waals surface area contributed by atoms with Crippen LogP contribution in [0, 0.1) is 6.92 Å². The summed E-state index contributed by atoms with van der Waals surface area (Å²) in [5, 5.41) is 3.32. The molecule has 4 nitrogen and oxygen atoms in total. The highest BCUT2D eigenvalue weighted by Gasteiger charge is 2.17. The van der Waals surface area contributed by atoms with Crippen LogP contribution in [0.15, 0.2) is 30.7 Å². The zero-order valence-corrected chi connectivity index (χ0v) is 11.2. The molecule has 1 N–H and O–H groups in total. The molecule has 2 aromatic heterocycles. The number of imidazole rings is 1. The van der Waals surface area contributed by atoms with E-state index in [2.05, 4.69) is 32.8 Å². The van der Waals surface area contributed by atoms with Crippen LogP contribution in [0.3, 0.4) is 0 Å². The molecule has 96 valence electrons. The van der Waals surface area contributed by atoms with Crippen LogP contribution >= 0.6 is 0 Å². The molecule has 1 atom stereocenters. The monoisotopic (exact) mass is 244 g/mol. The van der Waals surface area contributed by atoms with Gasteiger partial charge in [0.15, 0.2) is 0 Å². The van der Waals surface area contributed by atoms with Gasteiger partial charge >= 0.3 is 0 Å². The minimum absolute atomic E-state index is 0.0969. The fraction of sp³-hybridized carbons (Fsp3) is 0.429. The third-order valence-electron chi connectivity index (χ3n) is 3.03. The highest BCUT2D eigenvalue weighted by Crippen LogP contribution is 2.20. The Morgan fingerprint density at radius 1 is 1.33 bits per heavy atom. The van der Waals surface area contributed by atoms with Crippen molar-refractivity contribution in [2.24, 2.45) is 0 Å². The Bertz CT molecular complexity index is 487. The molecule has 0 aliphatic rings. The lowest BCUT2D eigenvalue weighted by atomic mass is 10.1. The van der Waals surface area contributed by atoms with Crippen LogP contribution in [0.5, 0.6) is 0 Å². The molecule has 0 fully saturated rings. The molecule has 2 heterocycles. The average molecular weight is 244 g/mol. The SMILES string of the molecule is CCCn1ccnc1C(NC)c1ccc(C)nc1. The van der Waals surface area contributed by atoms with Crippen LogP contribution in [0.25, 0.3) is 0 Å². The van der Waals surface area contributed by atoms with E-state index in [0.717, 1.165) is 30.0 Å². The highest BCUT2D eigenvalue weighted by atomic mass is 15.1. The van der Waals surface area contributed by atoms with Gasteiger partial charge in [-0.25, -0.2) is 4.98 Å². The normalized spacial score (nSPS) is 12.6. The number of pyridine rings is 1. The molecule has 0 aliphatic carbocycles. The number of hydrogen-bond donors (Lipinski definition) is 1. The molecule has 0 spiro atoms. The summed E-state index contributed by atoms with van der Waals surface area (Å²) in [6.07, 6.45) is 6.91. The predicted molar refractivity (Wildman–Crippen MR) is 72.4 cm³/mol. The first-order chi connectivity index (χ1) is 8.76. The number of nitrogens with one attached hydrogen (secondary N) is 1. The van der Waals surface area contributed by atoms with E-state index < -0.39 is 0 Å². The molecule has 0 amide bonds. The molecule has 0 aliphatic heterocycles. The van der Waals surface area contributed by atoms with Crippen LogP contribution < -0.4 is 5.32 Å². The van der Waals surface area contributed by atoms with Crippen LogP contribution in [0.4, 0.5) is 0 Å². The van der Waals surface area contributed by atoms with Crippen LogP contribution in [0.1, 0.15) is 36.5 Å². The number of nitrogens with zero attached hydrogens (tertiary/aromatic N) is 3. The van der Waals surface area contributed by atoms with Crippen LogP contribution in [0.2, 0.25) is 0 Å². The zero-order valence-electron chi connectivity index (χ0n) is 11.2. The quantitative estimate of drug-likeness (QED) is 0.877. The van der Waals surface area contributed by atoms with Gasteiger partial charge < -0.3 is 9.88 Å². The van der Waals surface area contributed by atoms with Crippen molar-refractivity contribution in [3.05, 3.63) is 47.8 Å². The molecule has 4 heteroatoms. The molecule has 2 aromatic rings. The van der Waals surface area contributed by atoms with Crippen molar-refractivity contribution >= 4 is 0 Å². The van der Waals surface area contributed by atoms with Crippen LogP contribution in [-0.2, 0) is 6.54 Å². The third kappa shape index (κ3) is 2.59. The second-order valence-corrected chi connectivity index (χ2v) is 4.43. The molecule has 0 bridgehead atoms. The maximum absolute atomic E-state index is 4.48. The minimum atomic E-state index is 0.0969. The van der Waals surface area contributed by atoms with Gasteiger partial charge in [-0.2, -0.15) is 0 Å². The first-order valence-electron chi connectivity index (χ1n) is 6.37. The van der Waals surface area contributed by atoms with Gasteiger partial charge in [0.05, 0.1) is 6.04 Å². The Morgan fingerprint density at radius 2 is 2.17 bits per heavy atom. The van der Waals surface area contributed by atoms with Gasteiger partial charge in [0, 0.05) is 30.8 Å². The molecule has 0 radical (unpaired) electrons. The fourth-order valence-corrected chi connectivity index (χ4v) is 2.11. The fourth-order valence-electron chi connectivity index (χ4n) is 2.11. The van der Waals surface area contributed by atoms with Crippen molar-refractivity contribution in [3.63, 3.8) is 0 Å². The predicted octanol–water partition coefficient (Wildman–Crippen LogP) is 2.31. The zero-order chi connectivity index (χ0) is 13.0. The van der Waals surface area contributed by atoms with Gasteiger partial charge in [0.25, 0.3) is 0 Å². The van der Waals surface area contributed by atoms with E-state index in [1.165, 1.54) is 0 Å². The second-order valence-electron chi connectivity index (χ2n) is 4.43. The number of aryl methyl sites for hydroxylation is 2. The van der Waals surface area contributed by atoms with Gasteiger partial charge in [-0.05, 0) is 32.0 Å². The van der Waals surface area contributed by atoms with Crippen molar-refractivity contribution < 1.29 is 0 Å². The molecule has 0 saturated heterocycles. The summed E-state index contributed by atoms with van der Waals surface area (Å²) in [5.41, 5.74) is 2.18. The first kappa shape index (κ1) is 12.8.